The highest BCUT2D eigenvalue weighted by Gasteiger charge is 2.19. The van der Waals surface area contributed by atoms with E-state index in [-0.39, 0.29) is 5.91 Å². The third kappa shape index (κ3) is 4.76. The summed E-state index contributed by atoms with van der Waals surface area (Å²) in [5, 5.41) is 6.57. The number of benzene rings is 1. The van der Waals surface area contributed by atoms with Crippen molar-refractivity contribution in [2.75, 3.05) is 13.6 Å². The van der Waals surface area contributed by atoms with Crippen LogP contribution in [0.2, 0.25) is 0 Å². The van der Waals surface area contributed by atoms with Gasteiger partial charge in [0.15, 0.2) is 5.96 Å². The van der Waals surface area contributed by atoms with Gasteiger partial charge in [-0.2, -0.15) is 0 Å². The van der Waals surface area contributed by atoms with E-state index >= 15 is 0 Å². The molecule has 1 aliphatic heterocycles. The quantitative estimate of drug-likeness (QED) is 0.645. The average molecular weight is 302 g/mol. The highest BCUT2D eigenvalue weighted by atomic mass is 16.2. The Balaban J connectivity index is 1.92. The van der Waals surface area contributed by atoms with Crippen LogP contribution >= 0.6 is 0 Å². The predicted octanol–water partition coefficient (Wildman–Crippen LogP) is 1.88. The van der Waals surface area contributed by atoms with Crippen LogP contribution in [0.3, 0.4) is 0 Å². The van der Waals surface area contributed by atoms with E-state index < -0.39 is 0 Å². The number of guanidine groups is 1. The summed E-state index contributed by atoms with van der Waals surface area (Å²) in [7, 11) is 1.77. The summed E-state index contributed by atoms with van der Waals surface area (Å²) < 4.78 is 0. The molecule has 5 nitrogen and oxygen atoms in total. The topological polar surface area (TPSA) is 56.7 Å². The fourth-order valence-corrected chi connectivity index (χ4v) is 2.58. The molecule has 1 amide bonds. The van der Waals surface area contributed by atoms with Crippen LogP contribution < -0.4 is 10.6 Å². The van der Waals surface area contributed by atoms with Crippen molar-refractivity contribution >= 4 is 11.9 Å². The van der Waals surface area contributed by atoms with E-state index in [9.17, 15) is 4.79 Å². The third-order valence-electron chi connectivity index (χ3n) is 3.65. The van der Waals surface area contributed by atoms with Gasteiger partial charge in [0.2, 0.25) is 5.91 Å². The Morgan fingerprint density at radius 2 is 2.14 bits per heavy atom. The second-order valence-electron chi connectivity index (χ2n) is 5.96. The van der Waals surface area contributed by atoms with Crippen LogP contribution in [0.5, 0.6) is 0 Å². The summed E-state index contributed by atoms with van der Waals surface area (Å²) in [5.74, 6) is 1.07. The zero-order chi connectivity index (χ0) is 15.9. The van der Waals surface area contributed by atoms with Gasteiger partial charge >= 0.3 is 0 Å². The first-order chi connectivity index (χ1) is 10.6. The van der Waals surface area contributed by atoms with Gasteiger partial charge in [-0.15, -0.1) is 0 Å². The molecule has 1 aliphatic rings. The van der Waals surface area contributed by atoms with Gasteiger partial charge in [0.1, 0.15) is 0 Å². The highest BCUT2D eigenvalue weighted by molar-refractivity contribution is 5.80. The van der Waals surface area contributed by atoms with Crippen LogP contribution in [0.15, 0.2) is 29.3 Å². The zero-order valence-corrected chi connectivity index (χ0v) is 13.7. The van der Waals surface area contributed by atoms with Gasteiger partial charge in [-0.3, -0.25) is 9.79 Å². The zero-order valence-electron chi connectivity index (χ0n) is 13.7. The molecule has 0 radical (unpaired) electrons. The highest BCUT2D eigenvalue weighted by Crippen LogP contribution is 2.15. The molecule has 0 saturated carbocycles. The molecular weight excluding hydrogens is 276 g/mol. The van der Waals surface area contributed by atoms with Gasteiger partial charge in [-0.05, 0) is 31.4 Å². The lowest BCUT2D eigenvalue weighted by Crippen LogP contribution is -2.40. The van der Waals surface area contributed by atoms with Crippen LogP contribution in [-0.2, 0) is 17.9 Å². The average Bonchev–Trinajstić information content (AvgIpc) is 2.89. The Hall–Kier alpha value is -2.04. The normalized spacial score (nSPS) is 15.5. The largest absolute Gasteiger partial charge is 0.354 e. The lowest BCUT2D eigenvalue weighted by molar-refractivity contribution is -0.128. The lowest BCUT2D eigenvalue weighted by atomic mass is 10.1. The lowest BCUT2D eigenvalue weighted by Gasteiger charge is -2.17. The smallest absolute Gasteiger partial charge is 0.222 e. The number of aliphatic imine (C=N–C) groups is 1. The van der Waals surface area contributed by atoms with Crippen molar-refractivity contribution in [1.82, 2.24) is 15.5 Å². The van der Waals surface area contributed by atoms with Gasteiger partial charge in [0.05, 0.1) is 0 Å². The molecule has 1 aromatic carbocycles. The van der Waals surface area contributed by atoms with E-state index in [0.29, 0.717) is 25.6 Å². The SMILES string of the molecule is CN=C(NCc1cccc(CN2CCCC2=O)c1)NC(C)C. The Labute approximate surface area is 132 Å². The van der Waals surface area contributed by atoms with Gasteiger partial charge < -0.3 is 15.5 Å². The molecule has 5 heteroatoms. The summed E-state index contributed by atoms with van der Waals surface area (Å²) in [4.78, 5) is 17.8. The minimum absolute atomic E-state index is 0.269. The van der Waals surface area contributed by atoms with E-state index in [4.69, 9.17) is 0 Å². The van der Waals surface area contributed by atoms with Crippen molar-refractivity contribution < 1.29 is 4.79 Å². The molecule has 0 bridgehead atoms. The molecule has 1 aromatic rings. The number of amides is 1. The number of nitrogens with one attached hydrogen (secondary N) is 2. The maximum absolute atomic E-state index is 11.7. The molecule has 0 aromatic heterocycles. The summed E-state index contributed by atoms with van der Waals surface area (Å²) >= 11 is 0. The molecule has 2 rings (SSSR count). The maximum Gasteiger partial charge on any atom is 0.222 e. The standard InChI is InChI=1S/C17H26N4O/c1-13(2)20-17(18-3)19-11-14-6-4-7-15(10-14)12-21-9-5-8-16(21)22/h4,6-7,10,13H,5,8-9,11-12H2,1-3H3,(H2,18,19,20). The van der Waals surface area contributed by atoms with Crippen molar-refractivity contribution in [3.63, 3.8) is 0 Å². The molecule has 2 N–H and O–H groups in total. The molecule has 22 heavy (non-hydrogen) atoms. The van der Waals surface area contributed by atoms with Crippen LogP contribution in [0.25, 0.3) is 0 Å². The van der Waals surface area contributed by atoms with Crippen LogP contribution in [0.4, 0.5) is 0 Å². The second kappa shape index (κ2) is 7.82. The van der Waals surface area contributed by atoms with E-state index in [1.807, 2.05) is 11.0 Å². The number of hydrogen-bond donors (Lipinski definition) is 2. The van der Waals surface area contributed by atoms with Gasteiger partial charge in [-0.25, -0.2) is 0 Å². The molecule has 0 spiro atoms. The van der Waals surface area contributed by atoms with E-state index in [0.717, 1.165) is 18.9 Å². The van der Waals surface area contributed by atoms with Crippen LogP contribution in [0, 0.1) is 0 Å². The first-order valence-electron chi connectivity index (χ1n) is 7.91. The first-order valence-corrected chi connectivity index (χ1v) is 7.91. The Morgan fingerprint density at radius 3 is 2.77 bits per heavy atom. The molecule has 0 unspecified atom stereocenters. The van der Waals surface area contributed by atoms with E-state index in [2.05, 4.69) is 47.7 Å². The van der Waals surface area contributed by atoms with E-state index in [1.165, 1.54) is 11.1 Å². The minimum Gasteiger partial charge on any atom is -0.354 e. The summed E-state index contributed by atoms with van der Waals surface area (Å²) in [6.45, 7) is 6.48. The fraction of sp³-hybridized carbons (Fsp3) is 0.529. The Bertz CT molecular complexity index is 539. The Kier molecular flexibility index (Phi) is 5.81. The predicted molar refractivity (Wildman–Crippen MR) is 89.6 cm³/mol. The molecule has 1 heterocycles. The van der Waals surface area contributed by atoms with Crippen molar-refractivity contribution in [3.05, 3.63) is 35.4 Å². The molecule has 0 aliphatic carbocycles. The summed E-state index contributed by atoms with van der Waals surface area (Å²) in [6, 6.07) is 8.72. The molecule has 1 saturated heterocycles. The van der Waals surface area contributed by atoms with Crippen molar-refractivity contribution in [1.29, 1.82) is 0 Å². The first kappa shape index (κ1) is 16.3. The van der Waals surface area contributed by atoms with Crippen LogP contribution in [0.1, 0.15) is 37.8 Å². The van der Waals surface area contributed by atoms with Gasteiger partial charge in [-0.1, -0.05) is 24.3 Å². The van der Waals surface area contributed by atoms with Crippen molar-refractivity contribution in [3.8, 4) is 0 Å². The number of carbonyl (C=O) groups excluding carboxylic acids is 1. The number of likely N-dealkylation sites (tertiary alicyclic amines) is 1. The van der Waals surface area contributed by atoms with Gasteiger partial charge in [0, 0.05) is 39.1 Å². The van der Waals surface area contributed by atoms with Crippen molar-refractivity contribution in [2.45, 2.75) is 45.8 Å². The fourth-order valence-electron chi connectivity index (χ4n) is 2.58. The second-order valence-corrected chi connectivity index (χ2v) is 5.96. The third-order valence-corrected chi connectivity index (χ3v) is 3.65. The maximum atomic E-state index is 11.7. The van der Waals surface area contributed by atoms with E-state index in [1.54, 1.807) is 7.05 Å². The Morgan fingerprint density at radius 1 is 1.36 bits per heavy atom. The summed E-state index contributed by atoms with van der Waals surface area (Å²) in [5.41, 5.74) is 2.37. The number of hydrogen-bond acceptors (Lipinski definition) is 2. The van der Waals surface area contributed by atoms with Crippen molar-refractivity contribution in [2.24, 2.45) is 4.99 Å². The molecule has 0 atom stereocenters. The molecule has 1 fully saturated rings. The number of nitrogens with zero attached hydrogens (tertiary/aromatic N) is 2. The minimum atomic E-state index is 0.269. The molecule has 120 valence electrons. The number of carbonyl (C=O) groups is 1. The van der Waals surface area contributed by atoms with Gasteiger partial charge in [0.25, 0.3) is 0 Å². The number of rotatable bonds is 5. The monoisotopic (exact) mass is 302 g/mol. The molecular formula is C17H26N4O. The summed E-state index contributed by atoms with van der Waals surface area (Å²) in [6.07, 6.45) is 1.68. The van der Waals surface area contributed by atoms with Crippen LogP contribution in [-0.4, -0.2) is 36.4 Å².